The van der Waals surface area contributed by atoms with Crippen LogP contribution in [-0.2, 0) is 6.54 Å². The number of benzene rings is 1. The molecule has 0 amide bonds. The van der Waals surface area contributed by atoms with Gasteiger partial charge in [0.1, 0.15) is 0 Å². The van der Waals surface area contributed by atoms with E-state index in [-0.39, 0.29) is 0 Å². The van der Waals surface area contributed by atoms with Crippen LogP contribution in [0.5, 0.6) is 0 Å². The van der Waals surface area contributed by atoms with E-state index in [1.165, 1.54) is 11.3 Å². The van der Waals surface area contributed by atoms with E-state index in [0.717, 1.165) is 38.7 Å². The van der Waals surface area contributed by atoms with Crippen molar-refractivity contribution in [1.29, 1.82) is 0 Å². The molecule has 2 heterocycles. The first-order chi connectivity index (χ1) is 10.6. The molecule has 1 fully saturated rings. The van der Waals surface area contributed by atoms with E-state index in [1.807, 2.05) is 0 Å². The second kappa shape index (κ2) is 6.23. The van der Waals surface area contributed by atoms with E-state index in [2.05, 4.69) is 68.2 Å². The highest BCUT2D eigenvalue weighted by Crippen LogP contribution is 2.16. The van der Waals surface area contributed by atoms with Crippen LogP contribution < -0.4 is 15.5 Å². The number of piperazine rings is 1. The minimum Gasteiger partial charge on any atom is -0.378 e. The fourth-order valence-electron chi connectivity index (χ4n) is 2.68. The van der Waals surface area contributed by atoms with Gasteiger partial charge in [0.25, 0.3) is 0 Å². The number of nitrogens with two attached hydrogens (primary N) is 1. The Hall–Kier alpha value is -2.28. The van der Waals surface area contributed by atoms with Gasteiger partial charge in [0.15, 0.2) is 0 Å². The van der Waals surface area contributed by atoms with Gasteiger partial charge in [-0.3, -0.25) is 4.90 Å². The van der Waals surface area contributed by atoms with E-state index in [9.17, 15) is 0 Å². The lowest BCUT2D eigenvalue weighted by atomic mass is 10.1. The number of hydrogen-bond acceptors (Lipinski definition) is 6. The van der Waals surface area contributed by atoms with Crippen LogP contribution in [0.2, 0.25) is 0 Å². The molecule has 22 heavy (non-hydrogen) atoms. The van der Waals surface area contributed by atoms with E-state index in [0.29, 0.717) is 5.95 Å². The SMILES string of the molecule is CN(C)c1ccc(CN2CCN(c3nc(N)n[nH]3)CC2)cc1. The fraction of sp³-hybridized carbons (Fsp3) is 0.467. The van der Waals surface area contributed by atoms with Crippen molar-refractivity contribution < 1.29 is 0 Å². The van der Waals surface area contributed by atoms with Gasteiger partial charge in [0.2, 0.25) is 11.9 Å². The van der Waals surface area contributed by atoms with Crippen LogP contribution in [0.25, 0.3) is 0 Å². The minimum absolute atomic E-state index is 0.304. The van der Waals surface area contributed by atoms with Crippen LogP contribution in [0, 0.1) is 0 Å². The molecule has 2 aromatic rings. The first-order valence-corrected chi connectivity index (χ1v) is 7.53. The number of aromatic nitrogens is 3. The molecule has 0 spiro atoms. The molecule has 118 valence electrons. The summed E-state index contributed by atoms with van der Waals surface area (Å²) in [6.45, 7) is 4.88. The molecule has 1 aliphatic heterocycles. The first-order valence-electron chi connectivity index (χ1n) is 7.53. The summed E-state index contributed by atoms with van der Waals surface area (Å²) >= 11 is 0. The highest BCUT2D eigenvalue weighted by molar-refractivity contribution is 5.46. The van der Waals surface area contributed by atoms with Crippen molar-refractivity contribution in [3.63, 3.8) is 0 Å². The maximum Gasteiger partial charge on any atom is 0.241 e. The third-order valence-corrected chi connectivity index (χ3v) is 4.02. The summed E-state index contributed by atoms with van der Waals surface area (Å²) in [4.78, 5) is 10.9. The molecule has 3 rings (SSSR count). The Balaban J connectivity index is 1.53. The van der Waals surface area contributed by atoms with Gasteiger partial charge in [-0.1, -0.05) is 12.1 Å². The van der Waals surface area contributed by atoms with Gasteiger partial charge in [-0.05, 0) is 17.7 Å². The molecular formula is C15H23N7. The van der Waals surface area contributed by atoms with Crippen molar-refractivity contribution >= 4 is 17.6 Å². The van der Waals surface area contributed by atoms with Crippen molar-refractivity contribution in [2.45, 2.75) is 6.54 Å². The molecule has 7 heteroatoms. The lowest BCUT2D eigenvalue weighted by Crippen LogP contribution is -2.46. The second-order valence-corrected chi connectivity index (χ2v) is 5.84. The number of hydrogen-bond donors (Lipinski definition) is 2. The Kier molecular flexibility index (Phi) is 4.15. The molecule has 0 aliphatic carbocycles. The maximum absolute atomic E-state index is 5.55. The molecule has 1 aromatic heterocycles. The third-order valence-electron chi connectivity index (χ3n) is 4.02. The number of nitrogens with zero attached hydrogens (tertiary/aromatic N) is 5. The summed E-state index contributed by atoms with van der Waals surface area (Å²) in [6.07, 6.45) is 0. The zero-order chi connectivity index (χ0) is 15.5. The number of aromatic amines is 1. The number of anilines is 3. The van der Waals surface area contributed by atoms with Crippen LogP contribution in [0.4, 0.5) is 17.6 Å². The quantitative estimate of drug-likeness (QED) is 0.869. The summed E-state index contributed by atoms with van der Waals surface area (Å²) in [5.41, 5.74) is 8.14. The largest absolute Gasteiger partial charge is 0.378 e. The van der Waals surface area contributed by atoms with Crippen molar-refractivity contribution in [3.8, 4) is 0 Å². The molecular weight excluding hydrogens is 278 g/mol. The summed E-state index contributed by atoms with van der Waals surface area (Å²) in [6, 6.07) is 8.75. The molecule has 0 saturated carbocycles. The van der Waals surface area contributed by atoms with Crippen LogP contribution in [-0.4, -0.2) is 60.4 Å². The standard InChI is InChI=1S/C15H23N7/c1-20(2)13-5-3-12(4-6-13)11-21-7-9-22(10-8-21)15-17-14(16)18-19-15/h3-6H,7-11H2,1-2H3,(H3,16,17,18,19). The van der Waals surface area contributed by atoms with E-state index in [4.69, 9.17) is 5.73 Å². The van der Waals surface area contributed by atoms with Gasteiger partial charge in [-0.2, -0.15) is 4.98 Å². The molecule has 0 unspecified atom stereocenters. The molecule has 3 N–H and O–H groups in total. The van der Waals surface area contributed by atoms with Gasteiger partial charge in [-0.25, -0.2) is 5.10 Å². The van der Waals surface area contributed by atoms with Crippen molar-refractivity contribution in [3.05, 3.63) is 29.8 Å². The minimum atomic E-state index is 0.304. The number of H-pyrrole nitrogens is 1. The molecule has 1 aromatic carbocycles. The van der Waals surface area contributed by atoms with Gasteiger partial charge in [0.05, 0.1) is 0 Å². The lowest BCUT2D eigenvalue weighted by Gasteiger charge is -2.34. The van der Waals surface area contributed by atoms with Crippen molar-refractivity contribution in [2.24, 2.45) is 0 Å². The summed E-state index contributed by atoms with van der Waals surface area (Å²) in [5, 5.41) is 6.76. The summed E-state index contributed by atoms with van der Waals surface area (Å²) < 4.78 is 0. The third kappa shape index (κ3) is 3.30. The summed E-state index contributed by atoms with van der Waals surface area (Å²) in [7, 11) is 4.12. The van der Waals surface area contributed by atoms with Gasteiger partial charge in [-0.15, -0.1) is 5.10 Å². The van der Waals surface area contributed by atoms with Crippen molar-refractivity contribution in [2.75, 3.05) is 55.8 Å². The van der Waals surface area contributed by atoms with Crippen LogP contribution >= 0.6 is 0 Å². The monoisotopic (exact) mass is 301 g/mol. The molecule has 0 radical (unpaired) electrons. The lowest BCUT2D eigenvalue weighted by molar-refractivity contribution is 0.249. The van der Waals surface area contributed by atoms with Crippen LogP contribution in [0.1, 0.15) is 5.56 Å². The smallest absolute Gasteiger partial charge is 0.241 e. The molecule has 1 aliphatic rings. The van der Waals surface area contributed by atoms with E-state index < -0.39 is 0 Å². The van der Waals surface area contributed by atoms with E-state index >= 15 is 0 Å². The zero-order valence-electron chi connectivity index (χ0n) is 13.2. The Labute approximate surface area is 130 Å². The van der Waals surface area contributed by atoms with Crippen LogP contribution in [0.15, 0.2) is 24.3 Å². The Bertz CT molecular complexity index is 597. The number of nitrogens with one attached hydrogen (secondary N) is 1. The average molecular weight is 301 g/mol. The predicted molar refractivity (Wildman–Crippen MR) is 89.1 cm³/mol. The number of nitrogen functional groups attached to an aromatic ring is 1. The van der Waals surface area contributed by atoms with Gasteiger partial charge in [0, 0.05) is 52.5 Å². The maximum atomic E-state index is 5.55. The van der Waals surface area contributed by atoms with E-state index in [1.54, 1.807) is 0 Å². The second-order valence-electron chi connectivity index (χ2n) is 5.84. The zero-order valence-corrected chi connectivity index (χ0v) is 13.2. The highest BCUT2D eigenvalue weighted by atomic mass is 15.4. The normalized spacial score (nSPS) is 16.0. The Morgan fingerprint density at radius 2 is 1.82 bits per heavy atom. The number of rotatable bonds is 4. The molecule has 0 atom stereocenters. The van der Waals surface area contributed by atoms with Gasteiger partial charge < -0.3 is 15.5 Å². The average Bonchev–Trinajstić information content (AvgIpc) is 2.95. The Morgan fingerprint density at radius 3 is 2.36 bits per heavy atom. The molecule has 0 bridgehead atoms. The molecule has 1 saturated heterocycles. The van der Waals surface area contributed by atoms with Crippen molar-refractivity contribution in [1.82, 2.24) is 20.1 Å². The summed E-state index contributed by atoms with van der Waals surface area (Å²) in [5.74, 6) is 1.07. The highest BCUT2D eigenvalue weighted by Gasteiger charge is 2.19. The van der Waals surface area contributed by atoms with Crippen LogP contribution in [0.3, 0.4) is 0 Å². The molecule has 7 nitrogen and oxygen atoms in total. The first kappa shape index (κ1) is 14.6. The predicted octanol–water partition coefficient (Wildman–Crippen LogP) is 0.775. The van der Waals surface area contributed by atoms with Gasteiger partial charge >= 0.3 is 0 Å². The Morgan fingerprint density at radius 1 is 1.14 bits per heavy atom. The topological polar surface area (TPSA) is 77.3 Å². The fourth-order valence-corrected chi connectivity index (χ4v) is 2.68.